The second-order valence-corrected chi connectivity index (χ2v) is 12.8. The molecule has 0 unspecified atom stereocenters. The summed E-state index contributed by atoms with van der Waals surface area (Å²) in [6, 6.07) is 17.7. The van der Waals surface area contributed by atoms with Crippen LogP contribution in [0.15, 0.2) is 82.4 Å². The maximum absolute atomic E-state index is 15.0. The molecule has 0 saturated carbocycles. The molecule has 1 saturated heterocycles. The standard InChI is InChI=1S/C38H42F4N6O5/c1-3-53-33(49)15-16-44-35(50)28-12-7-9-26(21-28)22-45-17-19-46(20-18-45)34-25(2)47(23-29-30(38(40,41)42)13-8-14-31(29)39)37(52)48(36(34)51)24-32(43)27-10-5-4-6-11-27/h4-14,21,32H,3,15-20,22-24,43H2,1-2H3,(H,44,50)/t32-/m0/s1. The Balaban J connectivity index is 1.39. The number of hydrogen-bond acceptors (Lipinski definition) is 8. The molecule has 1 amide bonds. The summed E-state index contributed by atoms with van der Waals surface area (Å²) < 4.78 is 63.8. The Morgan fingerprint density at radius 2 is 1.62 bits per heavy atom. The van der Waals surface area contributed by atoms with E-state index in [1.807, 2.05) is 6.07 Å². The van der Waals surface area contributed by atoms with Gasteiger partial charge in [0.15, 0.2) is 0 Å². The molecule has 3 aromatic carbocycles. The zero-order valence-electron chi connectivity index (χ0n) is 29.5. The summed E-state index contributed by atoms with van der Waals surface area (Å²) in [6.07, 6.45) is -4.82. The van der Waals surface area contributed by atoms with Crippen LogP contribution in [0.4, 0.5) is 23.2 Å². The molecule has 0 bridgehead atoms. The molecule has 3 N–H and O–H groups in total. The third-order valence-corrected chi connectivity index (χ3v) is 9.21. The number of ether oxygens (including phenoxy) is 1. The Kier molecular flexibility index (Phi) is 12.5. The van der Waals surface area contributed by atoms with Crippen LogP contribution in [0.2, 0.25) is 0 Å². The van der Waals surface area contributed by atoms with Crippen molar-refractivity contribution in [2.24, 2.45) is 5.73 Å². The van der Waals surface area contributed by atoms with Gasteiger partial charge in [-0.05, 0) is 49.2 Å². The van der Waals surface area contributed by atoms with Crippen LogP contribution in [-0.4, -0.2) is 65.2 Å². The van der Waals surface area contributed by atoms with Crippen molar-refractivity contribution in [3.05, 3.63) is 133 Å². The van der Waals surface area contributed by atoms with E-state index in [2.05, 4.69) is 10.2 Å². The second kappa shape index (κ2) is 17.0. The van der Waals surface area contributed by atoms with Gasteiger partial charge >= 0.3 is 17.8 Å². The van der Waals surface area contributed by atoms with Crippen molar-refractivity contribution in [3.63, 3.8) is 0 Å². The minimum absolute atomic E-state index is 0.0587. The van der Waals surface area contributed by atoms with Crippen LogP contribution in [0.25, 0.3) is 0 Å². The summed E-state index contributed by atoms with van der Waals surface area (Å²) in [5, 5.41) is 2.72. The van der Waals surface area contributed by atoms with Crippen molar-refractivity contribution in [3.8, 4) is 0 Å². The molecule has 0 aliphatic carbocycles. The molecule has 2 heterocycles. The van der Waals surface area contributed by atoms with E-state index in [0.717, 1.165) is 32.9 Å². The number of aromatic nitrogens is 2. The molecule has 0 radical (unpaired) electrons. The highest BCUT2D eigenvalue weighted by Gasteiger charge is 2.35. The van der Waals surface area contributed by atoms with Crippen LogP contribution in [0.5, 0.6) is 0 Å². The topological polar surface area (TPSA) is 132 Å². The molecular weight excluding hydrogens is 696 g/mol. The van der Waals surface area contributed by atoms with E-state index in [-0.39, 0.29) is 43.4 Å². The first kappa shape index (κ1) is 38.9. The van der Waals surface area contributed by atoms with Crippen molar-refractivity contribution in [2.75, 3.05) is 44.2 Å². The molecule has 4 aromatic rings. The zero-order valence-corrected chi connectivity index (χ0v) is 29.5. The number of carbonyl (C=O) groups excluding carboxylic acids is 2. The Morgan fingerprint density at radius 3 is 2.30 bits per heavy atom. The number of nitrogens with zero attached hydrogens (tertiary/aromatic N) is 4. The van der Waals surface area contributed by atoms with E-state index in [1.54, 1.807) is 60.4 Å². The summed E-state index contributed by atoms with van der Waals surface area (Å²) in [7, 11) is 0. The van der Waals surface area contributed by atoms with Gasteiger partial charge in [-0.2, -0.15) is 13.2 Å². The summed E-state index contributed by atoms with van der Waals surface area (Å²) in [4.78, 5) is 56.2. The van der Waals surface area contributed by atoms with Gasteiger partial charge in [0.1, 0.15) is 11.5 Å². The molecule has 1 aliphatic heterocycles. The Morgan fingerprint density at radius 1 is 0.925 bits per heavy atom. The predicted octanol–water partition coefficient (Wildman–Crippen LogP) is 4.23. The summed E-state index contributed by atoms with van der Waals surface area (Å²) in [5.41, 5.74) is 5.13. The summed E-state index contributed by atoms with van der Waals surface area (Å²) >= 11 is 0. The molecule has 11 nitrogen and oxygen atoms in total. The lowest BCUT2D eigenvalue weighted by atomic mass is 10.1. The lowest BCUT2D eigenvalue weighted by Gasteiger charge is -2.37. The predicted molar refractivity (Wildman–Crippen MR) is 191 cm³/mol. The van der Waals surface area contributed by atoms with Crippen LogP contribution in [0, 0.1) is 12.7 Å². The number of benzene rings is 3. The van der Waals surface area contributed by atoms with E-state index in [4.69, 9.17) is 10.5 Å². The SMILES string of the molecule is CCOC(=O)CCNC(=O)c1cccc(CN2CCN(c3c(C)n(Cc4c(F)cccc4C(F)(F)F)c(=O)n(C[C@H](N)c4ccccc4)c3=O)CC2)c1. The second-order valence-electron chi connectivity index (χ2n) is 12.8. The number of halogens is 4. The number of rotatable bonds is 13. The first-order chi connectivity index (χ1) is 25.3. The molecular formula is C38H42F4N6O5. The number of carbonyl (C=O) groups is 2. The van der Waals surface area contributed by atoms with Gasteiger partial charge in [0.25, 0.3) is 11.5 Å². The summed E-state index contributed by atoms with van der Waals surface area (Å²) in [6.45, 7) is 4.67. The lowest BCUT2D eigenvalue weighted by Crippen LogP contribution is -2.51. The summed E-state index contributed by atoms with van der Waals surface area (Å²) in [5.74, 6) is -1.85. The molecule has 0 spiro atoms. The fourth-order valence-corrected chi connectivity index (χ4v) is 6.46. The van der Waals surface area contributed by atoms with Crippen molar-refractivity contribution in [2.45, 2.75) is 52.1 Å². The molecule has 1 fully saturated rings. The maximum Gasteiger partial charge on any atom is 0.416 e. The quantitative estimate of drug-likeness (QED) is 0.154. The molecule has 1 aliphatic rings. The van der Waals surface area contributed by atoms with Crippen LogP contribution in [-0.2, 0) is 35.3 Å². The number of anilines is 1. The third kappa shape index (κ3) is 9.40. The van der Waals surface area contributed by atoms with Crippen molar-refractivity contribution in [1.29, 1.82) is 0 Å². The molecule has 53 heavy (non-hydrogen) atoms. The lowest BCUT2D eigenvalue weighted by molar-refractivity contribution is -0.143. The smallest absolute Gasteiger partial charge is 0.416 e. The monoisotopic (exact) mass is 738 g/mol. The number of alkyl halides is 3. The van der Waals surface area contributed by atoms with Crippen molar-refractivity contribution >= 4 is 17.6 Å². The number of nitrogens with one attached hydrogen (secondary N) is 1. The van der Waals surface area contributed by atoms with E-state index in [1.165, 1.54) is 6.92 Å². The zero-order chi connectivity index (χ0) is 38.3. The Labute approximate surface area is 303 Å². The van der Waals surface area contributed by atoms with Crippen LogP contribution < -0.4 is 27.2 Å². The van der Waals surface area contributed by atoms with E-state index < -0.39 is 52.9 Å². The number of piperazine rings is 1. The maximum atomic E-state index is 15.0. The van der Waals surface area contributed by atoms with Gasteiger partial charge in [0, 0.05) is 62.1 Å². The minimum atomic E-state index is -4.88. The number of hydrogen-bond donors (Lipinski definition) is 2. The molecule has 1 atom stereocenters. The fraction of sp³-hybridized carbons (Fsp3) is 0.368. The van der Waals surface area contributed by atoms with Crippen LogP contribution in [0.3, 0.4) is 0 Å². The van der Waals surface area contributed by atoms with Gasteiger partial charge in [0.05, 0.1) is 31.7 Å². The molecule has 5 rings (SSSR count). The highest BCUT2D eigenvalue weighted by molar-refractivity contribution is 5.94. The van der Waals surface area contributed by atoms with Gasteiger partial charge in [-0.3, -0.25) is 28.4 Å². The van der Waals surface area contributed by atoms with Crippen molar-refractivity contribution in [1.82, 2.24) is 19.4 Å². The first-order valence-corrected chi connectivity index (χ1v) is 17.3. The van der Waals surface area contributed by atoms with Gasteiger partial charge in [-0.15, -0.1) is 0 Å². The third-order valence-electron chi connectivity index (χ3n) is 9.21. The largest absolute Gasteiger partial charge is 0.466 e. The Bertz CT molecular complexity index is 2040. The van der Waals surface area contributed by atoms with Crippen molar-refractivity contribution < 1.29 is 31.9 Å². The average Bonchev–Trinajstić information content (AvgIpc) is 3.13. The first-order valence-electron chi connectivity index (χ1n) is 17.3. The number of esters is 1. The van der Waals surface area contributed by atoms with Gasteiger partial charge in [0.2, 0.25) is 0 Å². The van der Waals surface area contributed by atoms with Crippen LogP contribution in [0.1, 0.15) is 57.7 Å². The molecule has 282 valence electrons. The molecule has 15 heteroatoms. The normalized spacial score (nSPS) is 14.2. The highest BCUT2D eigenvalue weighted by atomic mass is 19.4. The van der Waals surface area contributed by atoms with E-state index in [9.17, 15) is 32.3 Å². The van der Waals surface area contributed by atoms with Crippen LogP contribution >= 0.6 is 0 Å². The highest BCUT2D eigenvalue weighted by Crippen LogP contribution is 2.33. The van der Waals surface area contributed by atoms with Gasteiger partial charge in [-0.25, -0.2) is 9.18 Å². The number of nitrogens with two attached hydrogens (primary N) is 1. The number of amides is 1. The molecule has 1 aromatic heterocycles. The minimum Gasteiger partial charge on any atom is -0.466 e. The van der Waals surface area contributed by atoms with Gasteiger partial charge in [-0.1, -0.05) is 48.5 Å². The van der Waals surface area contributed by atoms with E-state index >= 15 is 4.39 Å². The van der Waals surface area contributed by atoms with Gasteiger partial charge < -0.3 is 20.7 Å². The fourth-order valence-electron chi connectivity index (χ4n) is 6.46. The average molecular weight is 739 g/mol. The Hall–Kier alpha value is -5.28. The van der Waals surface area contributed by atoms with E-state index in [0.29, 0.717) is 43.9 Å².